The second-order valence-corrected chi connectivity index (χ2v) is 12.4. The number of ether oxygens (including phenoxy) is 12. The Labute approximate surface area is 277 Å². The summed E-state index contributed by atoms with van der Waals surface area (Å²) in [7, 11) is 0. The van der Waals surface area contributed by atoms with Gasteiger partial charge in [-0.05, 0) is 20.8 Å². The van der Waals surface area contributed by atoms with E-state index in [4.69, 9.17) is 56.8 Å². The van der Waals surface area contributed by atoms with Gasteiger partial charge in [-0.2, -0.15) is 0 Å². The molecule has 3 saturated heterocycles. The Balaban J connectivity index is 2.10. The molecule has 3 rings (SSSR count). The molecule has 3 aliphatic rings. The minimum Gasteiger partial charge on any atom is -0.463 e. The predicted octanol–water partition coefficient (Wildman–Crippen LogP) is 0.579. The molecule has 0 aliphatic carbocycles. The van der Waals surface area contributed by atoms with Crippen LogP contribution in [0.4, 0.5) is 0 Å². The van der Waals surface area contributed by atoms with E-state index in [1.54, 1.807) is 20.8 Å². The van der Waals surface area contributed by atoms with Crippen molar-refractivity contribution < 1.29 is 85.6 Å². The van der Waals surface area contributed by atoms with Crippen molar-refractivity contribution in [3.8, 4) is 0 Å². The van der Waals surface area contributed by atoms with Crippen LogP contribution in [0, 0.1) is 0 Å². The quantitative estimate of drug-likeness (QED) is 0.214. The fourth-order valence-corrected chi connectivity index (χ4v) is 5.47. The Morgan fingerprint density at radius 3 is 1.52 bits per heavy atom. The van der Waals surface area contributed by atoms with Gasteiger partial charge in [-0.3, -0.25) is 33.5 Å². The van der Waals surface area contributed by atoms with Crippen LogP contribution in [0.3, 0.4) is 0 Å². The molecule has 0 saturated carbocycles. The van der Waals surface area contributed by atoms with E-state index in [1.807, 2.05) is 0 Å². The first-order valence-electron chi connectivity index (χ1n) is 15.2. The molecule has 1 unspecified atom stereocenters. The highest BCUT2D eigenvalue weighted by atomic mass is 16.9. The zero-order valence-corrected chi connectivity index (χ0v) is 28.5. The number of fused-ring (bicyclic) bond motifs is 1. The van der Waals surface area contributed by atoms with Crippen LogP contribution in [0.1, 0.15) is 69.2 Å². The van der Waals surface area contributed by atoms with Crippen LogP contribution in [0.15, 0.2) is 0 Å². The lowest BCUT2D eigenvalue weighted by atomic mass is 9.96. The lowest BCUT2D eigenvalue weighted by molar-refractivity contribution is -0.372. The molecule has 18 heteroatoms. The maximum absolute atomic E-state index is 12.4. The number of carbonyl (C=O) groups is 6. The van der Waals surface area contributed by atoms with Crippen LogP contribution in [-0.4, -0.2) is 122 Å². The molecule has 0 spiro atoms. The van der Waals surface area contributed by atoms with Gasteiger partial charge >= 0.3 is 35.8 Å². The number of esters is 6. The normalized spacial score (nSPS) is 34.6. The van der Waals surface area contributed by atoms with E-state index < -0.39 is 122 Å². The molecule has 3 heterocycles. The van der Waals surface area contributed by atoms with Crippen molar-refractivity contribution in [3.63, 3.8) is 0 Å². The van der Waals surface area contributed by atoms with Crippen LogP contribution in [0.2, 0.25) is 0 Å². The van der Waals surface area contributed by atoms with E-state index in [2.05, 4.69) is 0 Å². The van der Waals surface area contributed by atoms with Gasteiger partial charge in [0, 0.05) is 48.5 Å². The molecule has 0 aromatic heterocycles. The topological polar surface area (TPSA) is 213 Å². The highest BCUT2D eigenvalue weighted by Gasteiger charge is 2.61. The molecule has 0 aromatic carbocycles. The van der Waals surface area contributed by atoms with Crippen LogP contribution >= 0.6 is 0 Å². The van der Waals surface area contributed by atoms with Gasteiger partial charge < -0.3 is 52.1 Å². The molecule has 3 fully saturated rings. The summed E-state index contributed by atoms with van der Waals surface area (Å²) in [6, 6.07) is 0. The largest absolute Gasteiger partial charge is 0.463 e. The maximum atomic E-state index is 12.4. The standard InChI is InChI=1S/C30H44O18/c1-13(31)37-11-19-21(39-15(3)33)23(40-16(4)34)25(42-18(6)36)27(43-19)45-22-20(12-38-14(2)32)44-28-26(24(22)41-17(5)35)46-30(10,47-28)48-29(7,8)9/h19-28H,11-12H2,1-10H3/t19-,20-,21-,22-,23+,24+,25-,26-,27+,28-,30?/m1/s1. The average molecular weight is 693 g/mol. The van der Waals surface area contributed by atoms with Gasteiger partial charge in [-0.15, -0.1) is 0 Å². The lowest BCUT2D eigenvalue weighted by Crippen LogP contribution is -2.66. The van der Waals surface area contributed by atoms with Gasteiger partial charge in [0.05, 0.1) is 5.60 Å². The molecule has 48 heavy (non-hydrogen) atoms. The summed E-state index contributed by atoms with van der Waals surface area (Å²) in [5.74, 6) is -6.41. The summed E-state index contributed by atoms with van der Waals surface area (Å²) < 4.78 is 68.9. The van der Waals surface area contributed by atoms with Crippen molar-refractivity contribution in [1.82, 2.24) is 0 Å². The molecule has 0 N–H and O–H groups in total. The summed E-state index contributed by atoms with van der Waals surface area (Å²) in [4.78, 5) is 72.7. The molecule has 0 bridgehead atoms. The van der Waals surface area contributed by atoms with E-state index in [0.717, 1.165) is 41.5 Å². The Morgan fingerprint density at radius 1 is 0.583 bits per heavy atom. The fourth-order valence-electron chi connectivity index (χ4n) is 5.47. The molecular weight excluding hydrogens is 648 g/mol. The highest BCUT2D eigenvalue weighted by molar-refractivity contribution is 5.69. The van der Waals surface area contributed by atoms with Crippen molar-refractivity contribution >= 4 is 35.8 Å². The third-order valence-electron chi connectivity index (χ3n) is 6.76. The third kappa shape index (κ3) is 10.8. The van der Waals surface area contributed by atoms with Gasteiger partial charge in [0.15, 0.2) is 43.1 Å². The van der Waals surface area contributed by atoms with E-state index in [0.29, 0.717) is 0 Å². The molecule has 0 aromatic rings. The molecule has 11 atom stereocenters. The van der Waals surface area contributed by atoms with Crippen molar-refractivity contribution in [2.24, 2.45) is 0 Å². The van der Waals surface area contributed by atoms with Crippen molar-refractivity contribution in [1.29, 1.82) is 0 Å². The number of hydrogen-bond donors (Lipinski definition) is 0. The average Bonchev–Trinajstić information content (AvgIpc) is 3.23. The second kappa shape index (κ2) is 15.9. The molecule has 0 amide bonds. The van der Waals surface area contributed by atoms with Crippen LogP contribution in [-0.2, 0) is 85.6 Å². The summed E-state index contributed by atoms with van der Waals surface area (Å²) in [6.07, 6.45) is -14.1. The Bertz CT molecular complexity index is 1210. The first kappa shape index (κ1) is 39.0. The van der Waals surface area contributed by atoms with Crippen LogP contribution < -0.4 is 0 Å². The third-order valence-corrected chi connectivity index (χ3v) is 6.76. The maximum Gasteiger partial charge on any atom is 0.303 e. The smallest absolute Gasteiger partial charge is 0.303 e. The molecular formula is C30H44O18. The first-order chi connectivity index (χ1) is 22.2. The Hall–Kier alpha value is -3.42. The minimum atomic E-state index is -1.70. The zero-order valence-electron chi connectivity index (χ0n) is 28.5. The monoisotopic (exact) mass is 692 g/mol. The fraction of sp³-hybridized carbons (Fsp3) is 0.800. The van der Waals surface area contributed by atoms with Crippen LogP contribution in [0.25, 0.3) is 0 Å². The lowest BCUT2D eigenvalue weighted by Gasteiger charge is -2.47. The van der Waals surface area contributed by atoms with E-state index in [9.17, 15) is 28.8 Å². The van der Waals surface area contributed by atoms with E-state index in [-0.39, 0.29) is 0 Å². The number of carbonyl (C=O) groups excluding carboxylic acids is 6. The van der Waals surface area contributed by atoms with Gasteiger partial charge in [-0.1, -0.05) is 0 Å². The summed E-state index contributed by atoms with van der Waals surface area (Å²) in [5, 5.41) is 0. The van der Waals surface area contributed by atoms with Crippen molar-refractivity contribution in [3.05, 3.63) is 0 Å². The SMILES string of the molecule is CC(=O)OC[C@H]1O[C@@H](O[C@H]2[C@H](OC(C)=O)[C@H]3OC(C)(OC(C)(C)C)O[C@H]3O[C@@H]2COC(C)=O)[C@H](OC(C)=O)[C@@H](OC(C)=O)[C@@H]1OC(C)=O. The number of rotatable bonds is 11. The van der Waals surface area contributed by atoms with Gasteiger partial charge in [0.1, 0.15) is 31.5 Å². The number of hydrogen-bond acceptors (Lipinski definition) is 18. The van der Waals surface area contributed by atoms with Gasteiger partial charge in [-0.25, -0.2) is 0 Å². The molecule has 18 nitrogen and oxygen atoms in total. The Kier molecular flexibility index (Phi) is 12.9. The zero-order chi connectivity index (χ0) is 36.1. The van der Waals surface area contributed by atoms with Crippen molar-refractivity contribution in [2.75, 3.05) is 13.2 Å². The molecule has 0 radical (unpaired) electrons. The van der Waals surface area contributed by atoms with Gasteiger partial charge in [0.2, 0.25) is 0 Å². The highest BCUT2D eigenvalue weighted by Crippen LogP contribution is 2.42. The van der Waals surface area contributed by atoms with Crippen LogP contribution in [0.5, 0.6) is 0 Å². The first-order valence-corrected chi connectivity index (χ1v) is 15.2. The molecule has 272 valence electrons. The summed E-state index contributed by atoms with van der Waals surface area (Å²) >= 11 is 0. The second-order valence-electron chi connectivity index (χ2n) is 12.4. The van der Waals surface area contributed by atoms with E-state index >= 15 is 0 Å². The Morgan fingerprint density at radius 2 is 1.04 bits per heavy atom. The summed E-state index contributed by atoms with van der Waals surface area (Å²) in [6.45, 7) is 12.4. The van der Waals surface area contributed by atoms with Crippen molar-refractivity contribution in [2.45, 2.75) is 142 Å². The predicted molar refractivity (Wildman–Crippen MR) is 153 cm³/mol. The molecule has 3 aliphatic heterocycles. The minimum absolute atomic E-state index is 0.452. The summed E-state index contributed by atoms with van der Waals surface area (Å²) in [5.41, 5.74) is -0.763. The van der Waals surface area contributed by atoms with E-state index in [1.165, 1.54) is 6.92 Å². The van der Waals surface area contributed by atoms with Gasteiger partial charge in [0.25, 0.3) is 5.97 Å².